The van der Waals surface area contributed by atoms with Crippen LogP contribution in [0.1, 0.15) is 420 Å². The molecule has 0 amide bonds. The lowest BCUT2D eigenvalue weighted by molar-refractivity contribution is -0.208. The molecule has 5 saturated heterocycles. The molecule has 5 aliphatic heterocycles. The van der Waals surface area contributed by atoms with Crippen molar-refractivity contribution in [3.63, 3.8) is 0 Å². The fourth-order valence-electron chi connectivity index (χ4n) is 19.7. The molecule has 0 aromatic heterocycles. The Balaban J connectivity index is 0. The minimum atomic E-state index is -1.02. The molecule has 642 valence electrons. The average Bonchev–Trinajstić information content (AvgIpc) is 1.64. The van der Waals surface area contributed by atoms with Crippen LogP contribution in [0.25, 0.3) is 0 Å². The third-order valence-electron chi connectivity index (χ3n) is 25.8. The topological polar surface area (TPSA) is 207 Å². The predicted molar refractivity (Wildman–Crippen MR) is 443 cm³/mol. The number of hydrogen-bond donors (Lipinski definition) is 1. The Labute approximate surface area is 664 Å². The number of ether oxygens (including phenoxy) is 11. The quantitative estimate of drug-likeness (QED) is 0.0524. The molecule has 5 heterocycles. The maximum Gasteiger partial charge on any atom is 0.312 e. The molecule has 17 atom stereocenters. The lowest BCUT2D eigenvalue weighted by Crippen LogP contribution is -2.41. The van der Waals surface area contributed by atoms with E-state index >= 15 is 0 Å². The first-order chi connectivity index (χ1) is 47.9. The first-order valence-electron chi connectivity index (χ1n) is 41.6. The Morgan fingerprint density at radius 3 is 1.28 bits per heavy atom. The Bertz CT molecular complexity index is 2410. The van der Waals surface area contributed by atoms with Gasteiger partial charge in [0.2, 0.25) is 0 Å². The zero-order valence-corrected chi connectivity index (χ0v) is 65.5. The average molecular weight is 1540 g/mol. The maximum absolute atomic E-state index is 12.9. The molecule has 10 aliphatic rings. The van der Waals surface area contributed by atoms with Crippen molar-refractivity contribution in [2.45, 2.75) is 515 Å². The van der Waals surface area contributed by atoms with Gasteiger partial charge < -0.3 is 57.2 Å². The van der Waals surface area contributed by atoms with Gasteiger partial charge in [0.05, 0.1) is 85.7 Å². The van der Waals surface area contributed by atoms with E-state index in [9.17, 15) is 29.1 Å². The van der Waals surface area contributed by atoms with Crippen molar-refractivity contribution in [3.05, 3.63) is 0 Å². The molecule has 108 heavy (non-hydrogen) atoms. The zero-order chi connectivity index (χ0) is 72.7. The van der Waals surface area contributed by atoms with E-state index in [1.807, 2.05) is 0 Å². The van der Waals surface area contributed by atoms with Gasteiger partial charge in [-0.2, -0.15) is 0 Å². The van der Waals surface area contributed by atoms with E-state index in [0.29, 0.717) is 30.8 Å². The molecule has 17 unspecified atom stereocenters. The maximum atomic E-state index is 12.9. The fourth-order valence-corrected chi connectivity index (χ4v) is 19.7. The molecular weight excluding hydrogens is 1360 g/mol. The Morgan fingerprint density at radius 1 is 0.454 bits per heavy atom. The van der Waals surface area contributed by atoms with Crippen LogP contribution in [0, 0.1) is 35.5 Å². The van der Waals surface area contributed by atoms with Gasteiger partial charge in [-0.15, -0.1) is 0 Å². The van der Waals surface area contributed by atoms with Crippen molar-refractivity contribution in [1.29, 1.82) is 0 Å². The summed E-state index contributed by atoms with van der Waals surface area (Å²) in [5.74, 6) is 0.438. The van der Waals surface area contributed by atoms with Crippen LogP contribution in [0.15, 0.2) is 0 Å². The van der Waals surface area contributed by atoms with Crippen molar-refractivity contribution in [2.75, 3.05) is 6.61 Å². The van der Waals surface area contributed by atoms with Crippen molar-refractivity contribution < 1.29 is 81.2 Å². The normalized spacial score (nSPS) is 30.5. The number of esters is 5. The molecule has 10 fully saturated rings. The summed E-state index contributed by atoms with van der Waals surface area (Å²) in [7, 11) is 0. The van der Waals surface area contributed by atoms with Crippen molar-refractivity contribution >= 4 is 29.8 Å². The van der Waals surface area contributed by atoms with Crippen LogP contribution < -0.4 is 0 Å². The van der Waals surface area contributed by atoms with E-state index in [1.165, 1.54) is 45.4 Å². The smallest absolute Gasteiger partial charge is 0.312 e. The summed E-state index contributed by atoms with van der Waals surface area (Å²) in [5.41, 5.74) is -1.99. The summed E-state index contributed by atoms with van der Waals surface area (Å²) < 4.78 is 66.2. The molecule has 0 radical (unpaired) electrons. The summed E-state index contributed by atoms with van der Waals surface area (Å²) in [6.07, 6.45) is 40.0. The van der Waals surface area contributed by atoms with E-state index in [0.717, 1.165) is 206 Å². The second-order valence-corrected chi connectivity index (χ2v) is 32.8. The van der Waals surface area contributed by atoms with Gasteiger partial charge in [-0.1, -0.05) is 155 Å². The molecule has 10 rings (SSSR count). The molecule has 17 nitrogen and oxygen atoms in total. The van der Waals surface area contributed by atoms with Crippen LogP contribution in [0.2, 0.25) is 0 Å². The molecule has 1 N–H and O–H groups in total. The lowest BCUT2D eigenvalue weighted by Gasteiger charge is -2.36. The minimum Gasteiger partial charge on any atom is -0.462 e. The fraction of sp³-hybridized carbons (Fsp3) is 0.945. The SMILES string of the molecule is C.C.C.C.C.C.C.C.CCC1CC(C(CC(=O)OC2(CC)CCCC2)OC(C)=O)C(CC)O1.CCC1CC(C(CC(=O)OC2(CC)CCCC2)OC2CCCCO2)C(CC)O1.CCC1CC(CC(C)(O)CC(=O)OC2(C3CCCC3)CCCC2)C(CC)O1.CCC1OC(CC)C(C(=O)OC2(CC)CCCC2)C1C. The van der Waals surface area contributed by atoms with E-state index < -0.39 is 11.7 Å². The number of rotatable bonds is 30. The van der Waals surface area contributed by atoms with Crippen LogP contribution in [0.4, 0.5) is 0 Å². The number of carbonyl (C=O) groups excluding carboxylic acids is 5. The minimum absolute atomic E-state index is 0. The molecule has 0 aromatic carbocycles. The second-order valence-electron chi connectivity index (χ2n) is 32.8. The molecule has 17 heteroatoms. The standard InChI is InChI=1S/C23H40O5.C23H40O4.C20H34O5.C17H30O3.8CH4/c1-4-17-15-18(19(5-2)26-17)20(27-22-11-7-10-14-25-22)16-21(24)28-23(6-3)12-8-9-13-23;1-4-19-14-17(20(5-2)26-19)15-22(3,25)16-21(24)27-23(12-8-9-13-23)18-10-6-7-11-18;1-5-15-12-16(17(6-2)24-15)18(23-14(4)21)13-19(22)25-20(7-3)10-8-9-11-20;1-5-13-12(4)15(14(6-2)19-13)16(18)20-17(7-3)10-8-9-11-17;;;;;;;;/h17-20,22H,4-16H2,1-3H3;17-20,25H,4-16H2,1-3H3;15-18H,5-13H2,1-4H3;12-15H,5-11H2,1-4H3;8*1H4. The summed E-state index contributed by atoms with van der Waals surface area (Å²) in [6, 6.07) is 0. The third kappa shape index (κ3) is 30.0. The Morgan fingerprint density at radius 2 is 0.861 bits per heavy atom. The first kappa shape index (κ1) is 107. The van der Waals surface area contributed by atoms with Gasteiger partial charge in [0, 0.05) is 25.4 Å². The lowest BCUT2D eigenvalue weighted by atomic mass is 9.83. The van der Waals surface area contributed by atoms with Gasteiger partial charge in [0.15, 0.2) is 6.29 Å². The van der Waals surface area contributed by atoms with Crippen LogP contribution in [0.5, 0.6) is 0 Å². The first-order valence-corrected chi connectivity index (χ1v) is 41.6. The molecule has 0 aromatic rings. The number of aliphatic hydroxyl groups is 1. The summed E-state index contributed by atoms with van der Waals surface area (Å²) >= 11 is 0. The van der Waals surface area contributed by atoms with E-state index in [1.54, 1.807) is 6.92 Å². The summed E-state index contributed by atoms with van der Waals surface area (Å²) in [5, 5.41) is 11.0. The van der Waals surface area contributed by atoms with Gasteiger partial charge in [-0.25, -0.2) is 0 Å². The highest BCUT2D eigenvalue weighted by Gasteiger charge is 2.51. The molecule has 5 aliphatic carbocycles. The molecule has 0 bridgehead atoms. The highest BCUT2D eigenvalue weighted by molar-refractivity contribution is 5.75. The van der Waals surface area contributed by atoms with Gasteiger partial charge in [-0.05, 0) is 256 Å². The highest BCUT2D eigenvalue weighted by Crippen LogP contribution is 2.49. The molecule has 5 saturated carbocycles. The van der Waals surface area contributed by atoms with Crippen LogP contribution in [-0.4, -0.2) is 137 Å². The van der Waals surface area contributed by atoms with Crippen molar-refractivity contribution in [1.82, 2.24) is 0 Å². The van der Waals surface area contributed by atoms with Gasteiger partial charge in [0.1, 0.15) is 28.5 Å². The van der Waals surface area contributed by atoms with Crippen LogP contribution in [0.3, 0.4) is 0 Å². The largest absolute Gasteiger partial charge is 0.462 e. The summed E-state index contributed by atoms with van der Waals surface area (Å²) in [6.45, 7) is 29.5. The van der Waals surface area contributed by atoms with E-state index in [2.05, 4.69) is 83.1 Å². The predicted octanol–water partition coefficient (Wildman–Crippen LogP) is 23.7. The van der Waals surface area contributed by atoms with E-state index in [4.69, 9.17) is 52.1 Å². The van der Waals surface area contributed by atoms with Gasteiger partial charge in [0.25, 0.3) is 0 Å². The van der Waals surface area contributed by atoms with Crippen molar-refractivity contribution in [2.24, 2.45) is 35.5 Å². The molecule has 0 spiro atoms. The third-order valence-corrected chi connectivity index (χ3v) is 25.8. The monoisotopic (exact) mass is 1540 g/mol. The Kier molecular flexibility index (Phi) is 51.4. The van der Waals surface area contributed by atoms with Gasteiger partial charge in [-0.3, -0.25) is 24.0 Å². The van der Waals surface area contributed by atoms with Crippen LogP contribution in [-0.2, 0) is 76.1 Å². The number of hydrogen-bond acceptors (Lipinski definition) is 17. The molecular formula is C91H176O17. The zero-order valence-electron chi connectivity index (χ0n) is 65.5. The van der Waals surface area contributed by atoms with E-state index in [-0.39, 0.29) is 203 Å². The van der Waals surface area contributed by atoms with Crippen molar-refractivity contribution in [3.8, 4) is 0 Å². The highest BCUT2D eigenvalue weighted by atomic mass is 16.7. The van der Waals surface area contributed by atoms with Crippen LogP contribution >= 0.6 is 0 Å². The Hall–Kier alpha value is -2.93. The second kappa shape index (κ2) is 51.8. The summed E-state index contributed by atoms with van der Waals surface area (Å²) in [4.78, 5) is 62.6. The van der Waals surface area contributed by atoms with Gasteiger partial charge >= 0.3 is 29.8 Å². The number of carbonyl (C=O) groups is 5.